The Morgan fingerprint density at radius 2 is 1.93 bits per heavy atom. The molecule has 0 aliphatic heterocycles. The number of phenols is 1. The van der Waals surface area contributed by atoms with E-state index in [4.69, 9.17) is 0 Å². The molecule has 1 aromatic carbocycles. The van der Waals surface area contributed by atoms with Gasteiger partial charge in [-0.3, -0.25) is 0 Å². The molecular formula is C20H28ClFN6O2. The van der Waals surface area contributed by atoms with Crippen molar-refractivity contribution in [2.75, 3.05) is 10.6 Å². The third kappa shape index (κ3) is 5.09. The van der Waals surface area contributed by atoms with Crippen molar-refractivity contribution in [3.63, 3.8) is 0 Å². The molecule has 2 atom stereocenters. The molecule has 3 rings (SSSR count). The molecule has 1 unspecified atom stereocenters. The number of phenolic OH excluding ortho intramolecular Hbond substituents is 1. The molecule has 10 heteroatoms. The molecule has 2 aromatic heterocycles. The Kier molecular flexibility index (Phi) is 7.80. The van der Waals surface area contributed by atoms with Crippen molar-refractivity contribution in [1.82, 2.24) is 19.5 Å². The zero-order valence-corrected chi connectivity index (χ0v) is 18.2. The fourth-order valence-corrected chi connectivity index (χ4v) is 3.09. The quantitative estimate of drug-likeness (QED) is 0.423. The number of benzene rings is 1. The fraction of sp³-hybridized carbons (Fsp3) is 0.450. The second kappa shape index (κ2) is 9.90. The number of anilines is 2. The van der Waals surface area contributed by atoms with Crippen molar-refractivity contribution in [1.29, 1.82) is 0 Å². The van der Waals surface area contributed by atoms with Gasteiger partial charge in [-0.1, -0.05) is 6.92 Å². The summed E-state index contributed by atoms with van der Waals surface area (Å²) in [6, 6.07) is 3.73. The summed E-state index contributed by atoms with van der Waals surface area (Å²) < 4.78 is 15.5. The Labute approximate surface area is 181 Å². The zero-order valence-electron chi connectivity index (χ0n) is 17.4. The van der Waals surface area contributed by atoms with Crippen LogP contribution in [0, 0.1) is 5.82 Å². The molecule has 0 amide bonds. The first-order valence-corrected chi connectivity index (χ1v) is 9.70. The third-order valence-corrected chi connectivity index (χ3v) is 4.80. The Hall–Kier alpha value is -2.65. The number of imidazole rings is 1. The van der Waals surface area contributed by atoms with Crippen molar-refractivity contribution in [3.8, 4) is 5.75 Å². The van der Waals surface area contributed by atoms with Crippen LogP contribution in [0.1, 0.15) is 45.7 Å². The number of rotatable bonds is 8. The standard InChI is InChI=1S/C20H27FN6O2.ClH/c1-5-15(12(4)28)24-20-25-18(17-19(26-20)27(10-23-17)11(2)3)22-9-13-8-14(21)6-7-16(13)29;/h6-8,10-12,15,28-29H,5,9H2,1-4H3,(H2,22,24,25,26);1H/t12?,15-;/m1./s1. The molecule has 0 aliphatic carbocycles. The first-order valence-electron chi connectivity index (χ1n) is 9.70. The van der Waals surface area contributed by atoms with Gasteiger partial charge in [0, 0.05) is 18.2 Å². The largest absolute Gasteiger partial charge is 0.508 e. The van der Waals surface area contributed by atoms with Gasteiger partial charge in [0.2, 0.25) is 5.95 Å². The van der Waals surface area contributed by atoms with E-state index >= 15 is 0 Å². The highest BCUT2D eigenvalue weighted by Crippen LogP contribution is 2.26. The molecular weight excluding hydrogens is 411 g/mol. The van der Waals surface area contributed by atoms with Gasteiger partial charge in [0.1, 0.15) is 11.6 Å². The lowest BCUT2D eigenvalue weighted by Gasteiger charge is -2.20. The molecule has 4 N–H and O–H groups in total. The average molecular weight is 439 g/mol. The van der Waals surface area contributed by atoms with E-state index in [0.717, 1.165) is 0 Å². The van der Waals surface area contributed by atoms with Gasteiger partial charge in [0.25, 0.3) is 0 Å². The number of fused-ring (bicyclic) bond motifs is 1. The number of aliphatic hydroxyl groups excluding tert-OH is 1. The second-order valence-electron chi connectivity index (χ2n) is 7.34. The van der Waals surface area contributed by atoms with Crippen LogP contribution in [0.5, 0.6) is 5.75 Å². The number of hydrogen-bond donors (Lipinski definition) is 4. The summed E-state index contributed by atoms with van der Waals surface area (Å²) in [7, 11) is 0. The van der Waals surface area contributed by atoms with Crippen LogP contribution in [-0.4, -0.2) is 41.9 Å². The molecule has 0 bridgehead atoms. The normalized spacial score (nSPS) is 13.2. The van der Waals surface area contributed by atoms with Crippen LogP contribution >= 0.6 is 12.4 Å². The lowest BCUT2D eigenvalue weighted by atomic mass is 10.1. The highest BCUT2D eigenvalue weighted by atomic mass is 35.5. The smallest absolute Gasteiger partial charge is 0.227 e. The van der Waals surface area contributed by atoms with E-state index in [1.54, 1.807) is 13.3 Å². The van der Waals surface area contributed by atoms with Crippen LogP contribution in [0.25, 0.3) is 11.2 Å². The van der Waals surface area contributed by atoms with E-state index in [1.165, 1.54) is 18.2 Å². The third-order valence-electron chi connectivity index (χ3n) is 4.80. The summed E-state index contributed by atoms with van der Waals surface area (Å²) in [5.41, 5.74) is 1.62. The van der Waals surface area contributed by atoms with Gasteiger partial charge in [-0.05, 0) is 45.4 Å². The second-order valence-corrected chi connectivity index (χ2v) is 7.34. The van der Waals surface area contributed by atoms with Gasteiger partial charge in [-0.15, -0.1) is 12.4 Å². The van der Waals surface area contributed by atoms with Gasteiger partial charge in [-0.2, -0.15) is 9.97 Å². The topological polar surface area (TPSA) is 108 Å². The fourth-order valence-electron chi connectivity index (χ4n) is 3.09. The maximum absolute atomic E-state index is 13.5. The van der Waals surface area contributed by atoms with Gasteiger partial charge in [-0.25, -0.2) is 9.37 Å². The zero-order chi connectivity index (χ0) is 21.1. The Morgan fingerprint density at radius 3 is 2.57 bits per heavy atom. The van der Waals surface area contributed by atoms with E-state index in [-0.39, 0.29) is 36.8 Å². The summed E-state index contributed by atoms with van der Waals surface area (Å²) in [4.78, 5) is 13.5. The van der Waals surface area contributed by atoms with Crippen LogP contribution in [0.4, 0.5) is 16.2 Å². The van der Waals surface area contributed by atoms with E-state index in [1.807, 2.05) is 25.3 Å². The number of aliphatic hydroxyl groups is 1. The predicted octanol–water partition coefficient (Wildman–Crippen LogP) is 3.86. The maximum atomic E-state index is 13.5. The van der Waals surface area contributed by atoms with Crippen molar-refractivity contribution >= 4 is 35.3 Å². The number of aromatic nitrogens is 4. The molecule has 0 spiro atoms. The first kappa shape index (κ1) is 23.6. The summed E-state index contributed by atoms with van der Waals surface area (Å²) in [5, 5.41) is 26.2. The van der Waals surface area contributed by atoms with E-state index in [2.05, 4.69) is 25.6 Å². The molecule has 0 aliphatic rings. The Morgan fingerprint density at radius 1 is 1.20 bits per heavy atom. The highest BCUT2D eigenvalue weighted by Gasteiger charge is 2.19. The molecule has 2 heterocycles. The van der Waals surface area contributed by atoms with Crippen LogP contribution in [0.3, 0.4) is 0 Å². The number of hydrogen-bond acceptors (Lipinski definition) is 7. The van der Waals surface area contributed by atoms with Crippen molar-refractivity contribution in [2.45, 2.75) is 58.8 Å². The lowest BCUT2D eigenvalue weighted by molar-refractivity contribution is 0.169. The SMILES string of the molecule is CC[C@@H](Nc1nc(NCc2cc(F)ccc2O)c2ncn(C(C)C)c2n1)C(C)O.Cl. The highest BCUT2D eigenvalue weighted by molar-refractivity contribution is 5.85. The Balaban J connectivity index is 0.00000320. The van der Waals surface area contributed by atoms with Gasteiger partial charge >= 0.3 is 0 Å². The van der Waals surface area contributed by atoms with Crippen molar-refractivity contribution in [3.05, 3.63) is 35.9 Å². The number of nitrogens with zero attached hydrogens (tertiary/aromatic N) is 4. The summed E-state index contributed by atoms with van der Waals surface area (Å²) in [6.07, 6.45) is 1.82. The number of aromatic hydroxyl groups is 1. The minimum atomic E-state index is -0.574. The molecule has 30 heavy (non-hydrogen) atoms. The summed E-state index contributed by atoms with van der Waals surface area (Å²) in [6.45, 7) is 7.89. The van der Waals surface area contributed by atoms with E-state index in [0.29, 0.717) is 34.9 Å². The predicted molar refractivity (Wildman–Crippen MR) is 118 cm³/mol. The van der Waals surface area contributed by atoms with Crippen LogP contribution in [-0.2, 0) is 6.54 Å². The van der Waals surface area contributed by atoms with E-state index in [9.17, 15) is 14.6 Å². The number of halogens is 2. The maximum Gasteiger partial charge on any atom is 0.227 e. The van der Waals surface area contributed by atoms with Gasteiger partial charge < -0.3 is 25.4 Å². The summed E-state index contributed by atoms with van der Waals surface area (Å²) >= 11 is 0. The Bertz CT molecular complexity index is 995. The van der Waals surface area contributed by atoms with E-state index < -0.39 is 11.9 Å². The molecule has 164 valence electrons. The van der Waals surface area contributed by atoms with Crippen LogP contribution in [0.15, 0.2) is 24.5 Å². The minimum absolute atomic E-state index is 0. The molecule has 8 nitrogen and oxygen atoms in total. The lowest BCUT2D eigenvalue weighted by Crippen LogP contribution is -2.31. The monoisotopic (exact) mass is 438 g/mol. The summed E-state index contributed by atoms with van der Waals surface area (Å²) in [5.74, 6) is 0.386. The average Bonchev–Trinajstić information content (AvgIpc) is 3.10. The number of nitrogens with one attached hydrogen (secondary N) is 2. The van der Waals surface area contributed by atoms with Gasteiger partial charge in [0.15, 0.2) is 17.0 Å². The molecule has 0 fully saturated rings. The molecule has 0 radical (unpaired) electrons. The van der Waals surface area contributed by atoms with Gasteiger partial charge in [0.05, 0.1) is 18.5 Å². The van der Waals surface area contributed by atoms with Crippen LogP contribution < -0.4 is 10.6 Å². The molecule has 3 aromatic rings. The van der Waals surface area contributed by atoms with Crippen LogP contribution in [0.2, 0.25) is 0 Å². The first-order chi connectivity index (χ1) is 13.8. The molecule has 0 saturated heterocycles. The molecule has 0 saturated carbocycles. The van der Waals surface area contributed by atoms with Crippen molar-refractivity contribution < 1.29 is 14.6 Å². The van der Waals surface area contributed by atoms with Crippen molar-refractivity contribution in [2.24, 2.45) is 0 Å². The minimum Gasteiger partial charge on any atom is -0.508 e.